The standard InChI is InChI=1S/C8H18BO5PS/c1-3-15(11,16)14-7-5(4-12-2)13-8(9)6(7)10/h5-8,10H,3-4,9H2,1-2H3,(H,11,16)/t5-,6+,7?,8-,15?/m1/s1. The van der Waals surface area contributed by atoms with Crippen LogP contribution < -0.4 is 0 Å². The largest absolute Gasteiger partial charge is 0.388 e. The molecule has 1 aliphatic heterocycles. The molecule has 5 atom stereocenters. The van der Waals surface area contributed by atoms with Crippen LogP contribution in [0.5, 0.6) is 0 Å². The molecule has 0 aromatic carbocycles. The third kappa shape index (κ3) is 3.49. The summed E-state index contributed by atoms with van der Waals surface area (Å²) in [7, 11) is 3.28. The Morgan fingerprint density at radius 1 is 1.62 bits per heavy atom. The van der Waals surface area contributed by atoms with Crippen LogP contribution in [0.4, 0.5) is 0 Å². The van der Waals surface area contributed by atoms with Crippen LogP contribution in [0.25, 0.3) is 0 Å². The minimum atomic E-state index is -2.95. The molecule has 0 amide bonds. The molecule has 1 aliphatic rings. The van der Waals surface area contributed by atoms with Crippen molar-refractivity contribution in [3.05, 3.63) is 0 Å². The summed E-state index contributed by atoms with van der Waals surface area (Å²) >= 11 is 3.97. The highest BCUT2D eigenvalue weighted by atomic mass is 32.7. The van der Waals surface area contributed by atoms with Crippen molar-refractivity contribution in [1.82, 2.24) is 0 Å². The average molecular weight is 268 g/mol. The molecule has 0 aliphatic carbocycles. The first kappa shape index (κ1) is 14.5. The number of hydrogen-bond donors (Lipinski definition) is 2. The minimum absolute atomic E-state index is 0.295. The fourth-order valence-corrected chi connectivity index (χ4v) is 2.73. The van der Waals surface area contributed by atoms with Crippen molar-refractivity contribution in [1.29, 1.82) is 0 Å². The highest BCUT2D eigenvalue weighted by Gasteiger charge is 2.44. The van der Waals surface area contributed by atoms with Crippen molar-refractivity contribution in [2.45, 2.75) is 31.2 Å². The van der Waals surface area contributed by atoms with E-state index in [1.807, 2.05) is 0 Å². The Morgan fingerprint density at radius 3 is 2.75 bits per heavy atom. The van der Waals surface area contributed by atoms with Gasteiger partial charge in [-0.1, -0.05) is 19.2 Å². The van der Waals surface area contributed by atoms with Crippen molar-refractivity contribution in [2.75, 3.05) is 19.9 Å². The second kappa shape index (κ2) is 5.89. The number of aliphatic hydroxyl groups is 1. The van der Waals surface area contributed by atoms with E-state index in [0.29, 0.717) is 12.8 Å². The molecule has 0 bridgehead atoms. The van der Waals surface area contributed by atoms with E-state index in [9.17, 15) is 9.67 Å². The van der Waals surface area contributed by atoms with Crippen LogP contribution in [0, 0.1) is 0 Å². The van der Waals surface area contributed by atoms with Crippen molar-refractivity contribution in [2.24, 2.45) is 0 Å². The summed E-state index contributed by atoms with van der Waals surface area (Å²) in [6.07, 6.45) is -1.53. The third-order valence-electron chi connectivity index (χ3n) is 2.59. The number of methoxy groups -OCH3 is 1. The fraction of sp³-hybridized carbons (Fsp3) is 1.00. The first-order valence-corrected chi connectivity index (χ1v) is 8.20. The van der Waals surface area contributed by atoms with Crippen LogP contribution in [-0.4, -0.2) is 57.1 Å². The first-order chi connectivity index (χ1) is 7.41. The summed E-state index contributed by atoms with van der Waals surface area (Å²) < 4.78 is 27.6. The number of ether oxygens (including phenoxy) is 2. The summed E-state index contributed by atoms with van der Waals surface area (Å²) in [5, 5.41) is 9.85. The maximum atomic E-state index is 11.8. The van der Waals surface area contributed by atoms with Gasteiger partial charge in [-0.3, -0.25) is 4.57 Å². The van der Waals surface area contributed by atoms with Crippen molar-refractivity contribution in [3.8, 4) is 0 Å². The fourth-order valence-electron chi connectivity index (χ4n) is 1.61. The molecule has 94 valence electrons. The van der Waals surface area contributed by atoms with Gasteiger partial charge in [0.15, 0.2) is 0 Å². The zero-order valence-electron chi connectivity index (χ0n) is 9.70. The van der Waals surface area contributed by atoms with Gasteiger partial charge in [0.1, 0.15) is 26.2 Å². The van der Waals surface area contributed by atoms with Gasteiger partial charge < -0.3 is 19.1 Å². The van der Waals surface area contributed by atoms with E-state index in [1.54, 1.807) is 14.8 Å². The van der Waals surface area contributed by atoms with Gasteiger partial charge in [0, 0.05) is 13.3 Å². The summed E-state index contributed by atoms with van der Waals surface area (Å²) in [5.74, 6) is 0. The predicted molar refractivity (Wildman–Crippen MR) is 67.1 cm³/mol. The van der Waals surface area contributed by atoms with Crippen molar-refractivity contribution in [3.63, 3.8) is 0 Å². The highest BCUT2D eigenvalue weighted by Crippen LogP contribution is 2.53. The Bertz CT molecular complexity index is 279. The molecule has 2 unspecified atom stereocenters. The van der Waals surface area contributed by atoms with E-state index < -0.39 is 24.9 Å². The van der Waals surface area contributed by atoms with E-state index in [4.69, 9.17) is 14.0 Å². The molecule has 5 nitrogen and oxygen atoms in total. The average Bonchev–Trinajstić information content (AvgIpc) is 2.47. The molecule has 0 spiro atoms. The van der Waals surface area contributed by atoms with Gasteiger partial charge in [0.25, 0.3) is 6.57 Å². The second-order valence-electron chi connectivity index (χ2n) is 3.85. The first-order valence-electron chi connectivity index (χ1n) is 5.24. The lowest BCUT2D eigenvalue weighted by atomic mass is 9.93. The summed E-state index contributed by atoms with van der Waals surface area (Å²) in [6.45, 7) is -0.927. The molecule has 1 N–H and O–H groups in total. The molecular weight excluding hydrogens is 250 g/mol. The maximum absolute atomic E-state index is 11.8. The number of thiol groups is 1. The Balaban J connectivity index is 2.70. The summed E-state index contributed by atoms with van der Waals surface area (Å²) in [4.78, 5) is 0. The van der Waals surface area contributed by atoms with E-state index in [0.717, 1.165) is 0 Å². The smallest absolute Gasteiger partial charge is 0.254 e. The maximum Gasteiger partial charge on any atom is 0.254 e. The number of aliphatic hydroxyl groups excluding tert-OH is 1. The third-order valence-corrected chi connectivity index (χ3v) is 5.09. The molecule has 1 fully saturated rings. The topological polar surface area (TPSA) is 65.0 Å². The van der Waals surface area contributed by atoms with E-state index in [1.165, 1.54) is 7.11 Å². The summed E-state index contributed by atoms with van der Waals surface area (Å²) in [6, 6.07) is -0.352. The van der Waals surface area contributed by atoms with Gasteiger partial charge in [-0.05, 0) is 0 Å². The lowest BCUT2D eigenvalue weighted by molar-refractivity contribution is -0.0101. The van der Waals surface area contributed by atoms with Gasteiger partial charge in [0.2, 0.25) is 0 Å². The van der Waals surface area contributed by atoms with E-state index in [-0.39, 0.29) is 6.00 Å². The van der Waals surface area contributed by atoms with Crippen molar-refractivity contribution >= 4 is 26.7 Å². The van der Waals surface area contributed by atoms with Crippen LogP contribution in [0.1, 0.15) is 6.92 Å². The monoisotopic (exact) mass is 268 g/mol. The molecular formula is C8H18BO5PS. The number of rotatable bonds is 5. The SMILES string of the molecule is B[C@@H]1O[C@H](COC)C(OP(=O)(S)CC)[C@@H]1O. The predicted octanol–water partition coefficient (Wildman–Crippen LogP) is -0.120. The van der Waals surface area contributed by atoms with Gasteiger partial charge in [-0.2, -0.15) is 0 Å². The lowest BCUT2D eigenvalue weighted by Crippen LogP contribution is -2.36. The lowest BCUT2D eigenvalue weighted by Gasteiger charge is -2.23. The zero-order chi connectivity index (χ0) is 12.3. The van der Waals surface area contributed by atoms with Crippen LogP contribution in [0.3, 0.4) is 0 Å². The second-order valence-corrected chi connectivity index (χ2v) is 7.80. The molecule has 0 radical (unpaired) electrons. The van der Waals surface area contributed by atoms with E-state index >= 15 is 0 Å². The normalized spacial score (nSPS) is 38.5. The molecule has 0 aromatic rings. The Morgan fingerprint density at radius 2 is 2.25 bits per heavy atom. The van der Waals surface area contributed by atoms with Crippen LogP contribution in [-0.2, 0) is 18.6 Å². The van der Waals surface area contributed by atoms with Crippen LogP contribution in [0.2, 0.25) is 0 Å². The van der Waals surface area contributed by atoms with Gasteiger partial charge >= 0.3 is 0 Å². The molecule has 1 saturated heterocycles. The minimum Gasteiger partial charge on any atom is -0.388 e. The Hall–Kier alpha value is 0.485. The van der Waals surface area contributed by atoms with Gasteiger partial charge in [0.05, 0.1) is 12.6 Å². The number of hydrogen-bond acceptors (Lipinski definition) is 5. The van der Waals surface area contributed by atoms with Gasteiger partial charge in [-0.15, -0.1) is 0 Å². The van der Waals surface area contributed by atoms with Crippen LogP contribution in [0.15, 0.2) is 0 Å². The van der Waals surface area contributed by atoms with Crippen molar-refractivity contribution < 1.29 is 23.7 Å². The molecule has 16 heavy (non-hydrogen) atoms. The molecule has 1 rings (SSSR count). The molecule has 0 saturated carbocycles. The Kier molecular flexibility index (Phi) is 5.36. The summed E-state index contributed by atoms with van der Waals surface area (Å²) in [5.41, 5.74) is 0. The Labute approximate surface area is 102 Å². The quantitative estimate of drug-likeness (QED) is 0.413. The molecule has 0 aromatic heterocycles. The van der Waals surface area contributed by atoms with E-state index in [2.05, 4.69) is 12.2 Å². The van der Waals surface area contributed by atoms with Crippen LogP contribution >= 0.6 is 18.8 Å². The van der Waals surface area contributed by atoms with Gasteiger partial charge in [-0.25, -0.2) is 0 Å². The molecule has 8 heteroatoms. The highest BCUT2D eigenvalue weighted by molar-refractivity contribution is 8.46. The zero-order valence-corrected chi connectivity index (χ0v) is 11.5. The molecule has 1 heterocycles.